The van der Waals surface area contributed by atoms with Crippen LogP contribution in [0.1, 0.15) is 43.3 Å². The Morgan fingerprint density at radius 3 is 2.47 bits per heavy atom. The molecule has 1 aromatic heterocycles. The molecule has 0 aromatic carbocycles. The van der Waals surface area contributed by atoms with Crippen molar-refractivity contribution in [1.29, 1.82) is 0 Å². The molecule has 0 bridgehead atoms. The van der Waals surface area contributed by atoms with Crippen molar-refractivity contribution < 1.29 is 4.79 Å². The summed E-state index contributed by atoms with van der Waals surface area (Å²) < 4.78 is 0. The van der Waals surface area contributed by atoms with E-state index >= 15 is 0 Å². The lowest BCUT2D eigenvalue weighted by atomic mass is 9.75. The van der Waals surface area contributed by atoms with Gasteiger partial charge in [0.25, 0.3) is 5.91 Å². The van der Waals surface area contributed by atoms with E-state index in [4.69, 9.17) is 0 Å². The highest BCUT2D eigenvalue weighted by molar-refractivity contribution is 7.12. The molecule has 2 rings (SSSR count). The summed E-state index contributed by atoms with van der Waals surface area (Å²) in [5.41, 5.74) is 0.373. The maximum Gasteiger partial charge on any atom is 0.263 e. The number of hydrogen-bond acceptors (Lipinski definition) is 2. The molecule has 1 aromatic rings. The SMILES string of the molecule is CC(C)(C)C1CCN(C(=O)c2cccs2)CC1. The number of piperidine rings is 1. The van der Waals surface area contributed by atoms with Crippen LogP contribution in [0.4, 0.5) is 0 Å². The number of amides is 1. The van der Waals surface area contributed by atoms with Crippen LogP contribution in [0.5, 0.6) is 0 Å². The third kappa shape index (κ3) is 2.89. The topological polar surface area (TPSA) is 20.3 Å². The fourth-order valence-corrected chi connectivity index (χ4v) is 3.20. The molecule has 1 aliphatic rings. The van der Waals surface area contributed by atoms with Crippen LogP contribution >= 0.6 is 11.3 Å². The normalized spacial score (nSPS) is 18.4. The molecule has 1 saturated heterocycles. The molecule has 2 nitrogen and oxygen atoms in total. The van der Waals surface area contributed by atoms with Crippen LogP contribution in [0.15, 0.2) is 17.5 Å². The van der Waals surface area contributed by atoms with Gasteiger partial charge in [-0.05, 0) is 35.6 Å². The molecule has 0 spiro atoms. The van der Waals surface area contributed by atoms with E-state index in [9.17, 15) is 4.79 Å². The zero-order valence-electron chi connectivity index (χ0n) is 10.9. The highest BCUT2D eigenvalue weighted by atomic mass is 32.1. The summed E-state index contributed by atoms with van der Waals surface area (Å²) in [4.78, 5) is 15.0. The fraction of sp³-hybridized carbons (Fsp3) is 0.643. The lowest BCUT2D eigenvalue weighted by Gasteiger charge is -2.38. The second-order valence-electron chi connectivity index (χ2n) is 5.91. The van der Waals surface area contributed by atoms with E-state index in [1.54, 1.807) is 0 Å². The van der Waals surface area contributed by atoms with Gasteiger partial charge in [-0.15, -0.1) is 11.3 Å². The molecule has 17 heavy (non-hydrogen) atoms. The van der Waals surface area contributed by atoms with Crippen molar-refractivity contribution in [3.8, 4) is 0 Å². The Balaban J connectivity index is 1.94. The summed E-state index contributed by atoms with van der Waals surface area (Å²) in [6, 6.07) is 3.86. The quantitative estimate of drug-likeness (QED) is 0.746. The van der Waals surface area contributed by atoms with Crippen LogP contribution in [0.25, 0.3) is 0 Å². The van der Waals surface area contributed by atoms with Gasteiger partial charge in [0.1, 0.15) is 0 Å². The lowest BCUT2D eigenvalue weighted by Crippen LogP contribution is -2.41. The Bertz CT molecular complexity index is 369. The first-order valence-electron chi connectivity index (χ1n) is 6.31. The van der Waals surface area contributed by atoms with E-state index in [0.29, 0.717) is 5.41 Å². The maximum absolute atomic E-state index is 12.2. The first-order chi connectivity index (χ1) is 7.98. The van der Waals surface area contributed by atoms with Crippen LogP contribution in [-0.4, -0.2) is 23.9 Å². The van der Waals surface area contributed by atoms with Crippen molar-refractivity contribution in [2.24, 2.45) is 11.3 Å². The zero-order valence-corrected chi connectivity index (χ0v) is 11.7. The molecule has 2 heterocycles. The summed E-state index contributed by atoms with van der Waals surface area (Å²) in [5, 5.41) is 1.97. The van der Waals surface area contributed by atoms with Crippen LogP contribution in [0.3, 0.4) is 0 Å². The zero-order chi connectivity index (χ0) is 12.5. The van der Waals surface area contributed by atoms with Crippen molar-refractivity contribution in [2.75, 3.05) is 13.1 Å². The molecular weight excluding hydrogens is 230 g/mol. The van der Waals surface area contributed by atoms with Gasteiger partial charge >= 0.3 is 0 Å². The standard InChI is InChI=1S/C14H21NOS/c1-14(2,3)11-6-8-15(9-7-11)13(16)12-5-4-10-17-12/h4-5,10-11H,6-9H2,1-3H3. The molecule has 94 valence electrons. The van der Waals surface area contributed by atoms with Gasteiger partial charge in [-0.3, -0.25) is 4.79 Å². The Morgan fingerprint density at radius 2 is 2.00 bits per heavy atom. The summed E-state index contributed by atoms with van der Waals surface area (Å²) in [6.45, 7) is 8.73. The molecule has 1 amide bonds. The molecule has 3 heteroatoms. The predicted octanol–water partition coefficient (Wildman–Crippen LogP) is 3.65. The van der Waals surface area contributed by atoms with Crippen molar-refractivity contribution in [3.63, 3.8) is 0 Å². The lowest BCUT2D eigenvalue weighted by molar-refractivity contribution is 0.0613. The van der Waals surface area contributed by atoms with Gasteiger partial charge < -0.3 is 4.90 Å². The van der Waals surface area contributed by atoms with E-state index in [1.165, 1.54) is 11.3 Å². The average molecular weight is 251 g/mol. The van der Waals surface area contributed by atoms with Crippen LogP contribution < -0.4 is 0 Å². The maximum atomic E-state index is 12.2. The molecule has 0 radical (unpaired) electrons. The number of thiophene rings is 1. The number of carbonyl (C=O) groups is 1. The average Bonchev–Trinajstić information content (AvgIpc) is 2.80. The molecule has 1 aliphatic heterocycles. The van der Waals surface area contributed by atoms with E-state index in [-0.39, 0.29) is 5.91 Å². The first-order valence-corrected chi connectivity index (χ1v) is 7.19. The largest absolute Gasteiger partial charge is 0.338 e. The highest BCUT2D eigenvalue weighted by Gasteiger charge is 2.30. The van der Waals surface area contributed by atoms with Gasteiger partial charge in [0, 0.05) is 13.1 Å². The minimum atomic E-state index is 0.215. The first kappa shape index (κ1) is 12.6. The highest BCUT2D eigenvalue weighted by Crippen LogP contribution is 2.34. The van der Waals surface area contributed by atoms with Gasteiger partial charge in [0.05, 0.1) is 4.88 Å². The third-order valence-corrected chi connectivity index (χ3v) is 4.60. The number of nitrogens with zero attached hydrogens (tertiary/aromatic N) is 1. The number of carbonyl (C=O) groups excluding carboxylic acids is 1. The Labute approximate surface area is 108 Å². The third-order valence-electron chi connectivity index (χ3n) is 3.74. The smallest absolute Gasteiger partial charge is 0.263 e. The monoisotopic (exact) mass is 251 g/mol. The van der Waals surface area contributed by atoms with Gasteiger partial charge in [-0.25, -0.2) is 0 Å². The molecule has 0 N–H and O–H groups in total. The van der Waals surface area contributed by atoms with Gasteiger partial charge in [0.2, 0.25) is 0 Å². The Kier molecular flexibility index (Phi) is 3.57. The minimum Gasteiger partial charge on any atom is -0.338 e. The van der Waals surface area contributed by atoms with Crippen LogP contribution in [0, 0.1) is 11.3 Å². The summed E-state index contributed by atoms with van der Waals surface area (Å²) in [7, 11) is 0. The van der Waals surface area contributed by atoms with E-state index in [0.717, 1.165) is 36.7 Å². The summed E-state index contributed by atoms with van der Waals surface area (Å²) in [6.07, 6.45) is 2.28. The molecule has 0 atom stereocenters. The predicted molar refractivity (Wildman–Crippen MR) is 72.4 cm³/mol. The second-order valence-corrected chi connectivity index (χ2v) is 6.86. The van der Waals surface area contributed by atoms with Gasteiger partial charge in [-0.1, -0.05) is 26.8 Å². The van der Waals surface area contributed by atoms with E-state index in [2.05, 4.69) is 20.8 Å². The second kappa shape index (κ2) is 4.81. The number of rotatable bonds is 1. The van der Waals surface area contributed by atoms with E-state index < -0.39 is 0 Å². The molecule has 1 fully saturated rings. The van der Waals surface area contributed by atoms with Crippen molar-refractivity contribution in [2.45, 2.75) is 33.6 Å². The minimum absolute atomic E-state index is 0.215. The molecule has 0 unspecified atom stereocenters. The van der Waals surface area contributed by atoms with Crippen molar-refractivity contribution in [1.82, 2.24) is 4.90 Å². The molecular formula is C14H21NOS. The van der Waals surface area contributed by atoms with Crippen molar-refractivity contribution >= 4 is 17.2 Å². The van der Waals surface area contributed by atoms with Crippen molar-refractivity contribution in [3.05, 3.63) is 22.4 Å². The summed E-state index contributed by atoms with van der Waals surface area (Å²) >= 11 is 1.54. The molecule has 0 saturated carbocycles. The number of hydrogen-bond donors (Lipinski definition) is 0. The van der Waals surface area contributed by atoms with E-state index in [1.807, 2.05) is 22.4 Å². The molecule has 0 aliphatic carbocycles. The van der Waals surface area contributed by atoms with Gasteiger partial charge in [-0.2, -0.15) is 0 Å². The summed E-state index contributed by atoms with van der Waals surface area (Å²) in [5.74, 6) is 0.960. The number of likely N-dealkylation sites (tertiary alicyclic amines) is 1. The fourth-order valence-electron chi connectivity index (χ4n) is 2.50. The van der Waals surface area contributed by atoms with Crippen LogP contribution in [0.2, 0.25) is 0 Å². The Hall–Kier alpha value is -0.830. The van der Waals surface area contributed by atoms with Crippen LogP contribution in [-0.2, 0) is 0 Å². The Morgan fingerprint density at radius 1 is 1.35 bits per heavy atom. The van der Waals surface area contributed by atoms with Gasteiger partial charge in [0.15, 0.2) is 0 Å².